The monoisotopic (exact) mass is 375 g/mol. The minimum absolute atomic E-state index is 0.110. The van der Waals surface area contributed by atoms with Crippen LogP contribution in [0.25, 0.3) is 6.08 Å². The Labute approximate surface area is 158 Å². The lowest BCUT2D eigenvalue weighted by atomic mass is 9.91. The molecular formula is C20H23ClFN3O. The molecule has 1 aromatic heterocycles. The molecule has 0 aliphatic heterocycles. The summed E-state index contributed by atoms with van der Waals surface area (Å²) in [5.74, 6) is -0.0843. The molecule has 3 rings (SSSR count). The molecule has 26 heavy (non-hydrogen) atoms. The van der Waals surface area contributed by atoms with Gasteiger partial charge in [0.05, 0.1) is 11.7 Å². The molecule has 1 saturated carbocycles. The summed E-state index contributed by atoms with van der Waals surface area (Å²) >= 11 is 6.20. The van der Waals surface area contributed by atoms with Gasteiger partial charge in [-0.1, -0.05) is 36.6 Å². The lowest BCUT2D eigenvalue weighted by Crippen LogP contribution is -2.31. The Bertz CT molecular complexity index is 807. The summed E-state index contributed by atoms with van der Waals surface area (Å²) in [6.07, 6.45) is 7.65. The first-order valence-corrected chi connectivity index (χ1v) is 9.26. The van der Waals surface area contributed by atoms with Gasteiger partial charge in [0, 0.05) is 18.7 Å². The average Bonchev–Trinajstić information content (AvgIpc) is 3.22. The van der Waals surface area contributed by atoms with E-state index < -0.39 is 0 Å². The number of aryl methyl sites for hydroxylation is 2. The molecule has 1 fully saturated rings. The predicted molar refractivity (Wildman–Crippen MR) is 101 cm³/mol. The summed E-state index contributed by atoms with van der Waals surface area (Å²) in [4.78, 5) is 12.5. The van der Waals surface area contributed by atoms with E-state index in [0.29, 0.717) is 11.1 Å². The van der Waals surface area contributed by atoms with Crippen molar-refractivity contribution in [1.82, 2.24) is 15.1 Å². The third-order valence-corrected chi connectivity index (χ3v) is 5.44. The van der Waals surface area contributed by atoms with Crippen LogP contribution in [0.3, 0.4) is 0 Å². The number of nitrogens with zero attached hydrogens (tertiary/aromatic N) is 2. The SMILES string of the molecule is Cc1nn(C)c(Cl)c1/C=C/C(=O)N[C@@H](c1ccc(F)cc1)C1CCCC1. The topological polar surface area (TPSA) is 46.9 Å². The lowest BCUT2D eigenvalue weighted by Gasteiger charge is -2.24. The molecule has 1 N–H and O–H groups in total. The number of hydrogen-bond acceptors (Lipinski definition) is 2. The van der Waals surface area contributed by atoms with E-state index in [1.165, 1.54) is 31.1 Å². The van der Waals surface area contributed by atoms with Crippen LogP contribution in [0.4, 0.5) is 4.39 Å². The van der Waals surface area contributed by atoms with E-state index in [0.717, 1.165) is 29.7 Å². The van der Waals surface area contributed by atoms with Gasteiger partial charge >= 0.3 is 0 Å². The molecule has 1 aromatic carbocycles. The van der Waals surface area contributed by atoms with E-state index in [9.17, 15) is 9.18 Å². The molecule has 138 valence electrons. The maximum Gasteiger partial charge on any atom is 0.244 e. The van der Waals surface area contributed by atoms with Gasteiger partial charge < -0.3 is 5.32 Å². The summed E-state index contributed by atoms with van der Waals surface area (Å²) < 4.78 is 14.8. The molecular weight excluding hydrogens is 353 g/mol. The fraction of sp³-hybridized carbons (Fsp3) is 0.400. The third kappa shape index (κ3) is 4.15. The first-order chi connectivity index (χ1) is 12.5. The van der Waals surface area contributed by atoms with Gasteiger partial charge in [0.25, 0.3) is 0 Å². The number of amides is 1. The Hall–Kier alpha value is -2.14. The van der Waals surface area contributed by atoms with E-state index in [-0.39, 0.29) is 17.8 Å². The maximum atomic E-state index is 13.3. The lowest BCUT2D eigenvalue weighted by molar-refractivity contribution is -0.117. The van der Waals surface area contributed by atoms with Crippen LogP contribution in [-0.2, 0) is 11.8 Å². The number of carbonyl (C=O) groups excluding carboxylic acids is 1. The second-order valence-electron chi connectivity index (χ2n) is 6.83. The molecule has 2 aromatic rings. The molecule has 1 aliphatic carbocycles. The quantitative estimate of drug-likeness (QED) is 0.777. The highest BCUT2D eigenvalue weighted by atomic mass is 35.5. The maximum absolute atomic E-state index is 13.3. The number of aromatic nitrogens is 2. The van der Waals surface area contributed by atoms with Crippen molar-refractivity contribution < 1.29 is 9.18 Å². The molecule has 4 nitrogen and oxygen atoms in total. The minimum Gasteiger partial charge on any atom is -0.345 e. The van der Waals surface area contributed by atoms with Crippen molar-refractivity contribution in [1.29, 1.82) is 0 Å². The predicted octanol–water partition coefficient (Wildman–Crippen LogP) is 4.58. The standard InChI is InChI=1S/C20H23ClFN3O/c1-13-17(20(21)25(2)24-13)11-12-18(26)23-19(14-5-3-4-6-14)15-7-9-16(22)10-8-15/h7-12,14,19H,3-6H2,1-2H3,(H,23,26)/b12-11+/t19-/m1/s1. The van der Waals surface area contributed by atoms with Gasteiger partial charge in [-0.2, -0.15) is 5.10 Å². The van der Waals surface area contributed by atoms with Gasteiger partial charge in [0.2, 0.25) is 5.91 Å². The smallest absolute Gasteiger partial charge is 0.244 e. The molecule has 1 amide bonds. The van der Waals surface area contributed by atoms with Crippen LogP contribution in [0.1, 0.15) is 48.5 Å². The molecule has 0 radical (unpaired) electrons. The Kier molecular flexibility index (Phi) is 5.77. The van der Waals surface area contributed by atoms with Gasteiger partial charge in [-0.15, -0.1) is 0 Å². The van der Waals surface area contributed by atoms with E-state index in [1.54, 1.807) is 29.9 Å². The van der Waals surface area contributed by atoms with E-state index >= 15 is 0 Å². The highest BCUT2D eigenvalue weighted by molar-refractivity contribution is 6.31. The Morgan fingerprint density at radius 1 is 1.35 bits per heavy atom. The summed E-state index contributed by atoms with van der Waals surface area (Å²) in [6.45, 7) is 1.85. The molecule has 1 atom stereocenters. The van der Waals surface area contributed by atoms with Crippen molar-refractivity contribution in [3.63, 3.8) is 0 Å². The minimum atomic E-state index is -0.271. The van der Waals surface area contributed by atoms with Crippen molar-refractivity contribution in [2.75, 3.05) is 0 Å². The number of rotatable bonds is 5. The summed E-state index contributed by atoms with van der Waals surface area (Å²) in [7, 11) is 1.76. The van der Waals surface area contributed by atoms with Crippen molar-refractivity contribution in [3.8, 4) is 0 Å². The van der Waals surface area contributed by atoms with Crippen molar-refractivity contribution in [2.45, 2.75) is 38.6 Å². The molecule has 1 aliphatic rings. The fourth-order valence-electron chi connectivity index (χ4n) is 3.63. The van der Waals surface area contributed by atoms with Crippen LogP contribution in [0, 0.1) is 18.7 Å². The highest BCUT2D eigenvalue weighted by Gasteiger charge is 2.27. The molecule has 6 heteroatoms. The van der Waals surface area contributed by atoms with Crippen LogP contribution >= 0.6 is 11.6 Å². The second kappa shape index (κ2) is 8.04. The second-order valence-corrected chi connectivity index (χ2v) is 7.19. The highest BCUT2D eigenvalue weighted by Crippen LogP contribution is 2.35. The summed E-state index contributed by atoms with van der Waals surface area (Å²) in [6, 6.07) is 6.28. The van der Waals surface area contributed by atoms with Gasteiger partial charge in [-0.25, -0.2) is 4.39 Å². The summed E-state index contributed by atoms with van der Waals surface area (Å²) in [5.41, 5.74) is 2.45. The van der Waals surface area contributed by atoms with Crippen LogP contribution in [0.5, 0.6) is 0 Å². The third-order valence-electron chi connectivity index (χ3n) is 5.00. The van der Waals surface area contributed by atoms with Crippen LogP contribution in [0.2, 0.25) is 5.15 Å². The zero-order chi connectivity index (χ0) is 18.7. The van der Waals surface area contributed by atoms with Gasteiger partial charge in [-0.05, 0) is 49.5 Å². The van der Waals surface area contributed by atoms with Crippen LogP contribution in [0.15, 0.2) is 30.3 Å². The molecule has 0 bridgehead atoms. The Balaban J connectivity index is 1.76. The van der Waals surface area contributed by atoms with Crippen molar-refractivity contribution in [2.24, 2.45) is 13.0 Å². The van der Waals surface area contributed by atoms with Gasteiger partial charge in [0.1, 0.15) is 11.0 Å². The number of hydrogen-bond donors (Lipinski definition) is 1. The van der Waals surface area contributed by atoms with Crippen LogP contribution in [-0.4, -0.2) is 15.7 Å². The summed E-state index contributed by atoms with van der Waals surface area (Å²) in [5, 5.41) is 7.82. The van der Waals surface area contributed by atoms with Crippen molar-refractivity contribution >= 4 is 23.6 Å². The van der Waals surface area contributed by atoms with E-state index in [2.05, 4.69) is 10.4 Å². The molecule has 0 spiro atoms. The Morgan fingerprint density at radius 2 is 2.00 bits per heavy atom. The molecule has 1 heterocycles. The van der Waals surface area contributed by atoms with Gasteiger partial charge in [-0.3, -0.25) is 9.48 Å². The number of carbonyl (C=O) groups is 1. The normalized spacial score (nSPS) is 16.3. The Morgan fingerprint density at radius 3 is 2.58 bits per heavy atom. The molecule has 0 saturated heterocycles. The van der Waals surface area contributed by atoms with E-state index in [4.69, 9.17) is 11.6 Å². The zero-order valence-electron chi connectivity index (χ0n) is 15.0. The largest absolute Gasteiger partial charge is 0.345 e. The number of halogens is 2. The zero-order valence-corrected chi connectivity index (χ0v) is 15.8. The number of nitrogens with one attached hydrogen (secondary N) is 1. The molecule has 0 unspecified atom stereocenters. The van der Waals surface area contributed by atoms with Gasteiger partial charge in [0.15, 0.2) is 0 Å². The fourth-order valence-corrected chi connectivity index (χ4v) is 3.87. The number of benzene rings is 1. The first kappa shape index (κ1) is 18.6. The van der Waals surface area contributed by atoms with Crippen LogP contribution < -0.4 is 5.32 Å². The van der Waals surface area contributed by atoms with E-state index in [1.807, 2.05) is 6.92 Å². The average molecular weight is 376 g/mol. The van der Waals surface area contributed by atoms with Crippen molar-refractivity contribution in [3.05, 3.63) is 58.1 Å². The first-order valence-electron chi connectivity index (χ1n) is 8.89.